The Balaban J connectivity index is 1.78. The van der Waals surface area contributed by atoms with Crippen molar-refractivity contribution >= 4 is 22.6 Å². The molecule has 0 fully saturated rings. The summed E-state index contributed by atoms with van der Waals surface area (Å²) in [5, 5.41) is 7.21. The van der Waals surface area contributed by atoms with E-state index in [0.29, 0.717) is 0 Å². The van der Waals surface area contributed by atoms with Gasteiger partial charge in [0.05, 0.1) is 17.8 Å². The lowest BCUT2D eigenvalue weighted by molar-refractivity contribution is 0.0946. The highest BCUT2D eigenvalue weighted by Gasteiger charge is 2.16. The lowest BCUT2D eigenvalue weighted by Gasteiger charge is -2.16. The molecule has 0 saturated carbocycles. The summed E-state index contributed by atoms with van der Waals surface area (Å²) in [6, 6.07) is 16.4. The van der Waals surface area contributed by atoms with Crippen molar-refractivity contribution in [3.05, 3.63) is 83.4 Å². The first-order valence-corrected chi connectivity index (χ1v) is 10.0. The van der Waals surface area contributed by atoms with Gasteiger partial charge in [0.25, 0.3) is 5.91 Å². The number of nitrogens with one attached hydrogen (secondary N) is 2. The highest BCUT2D eigenvalue weighted by Crippen LogP contribution is 2.30. The number of rotatable bonds is 6. The number of carbonyl (C=O) groups excluding carboxylic acids is 1. The summed E-state index contributed by atoms with van der Waals surface area (Å²) < 4.78 is 0. The second-order valence-corrected chi connectivity index (χ2v) is 7.28. The monoisotopic (exact) mass is 412 g/mol. The van der Waals surface area contributed by atoms with Crippen LogP contribution in [0, 0.1) is 6.92 Å². The second kappa shape index (κ2) is 8.89. The standard InChI is InChI=1S/C24H24N6O/c1-15-6-5-9-20-18(15)12-19(17-8-4-3-7-16(17)13-26-2)21(30-20)14-29-24(31)22-23(25)28-11-10-27-22/h3-12,26H,13-14H2,1-2H3,(H2,25,28)(H,29,31). The molecule has 4 rings (SSSR count). The molecular formula is C24H24N6O. The summed E-state index contributed by atoms with van der Waals surface area (Å²) in [4.78, 5) is 25.5. The molecule has 0 atom stereocenters. The molecule has 156 valence electrons. The van der Waals surface area contributed by atoms with Gasteiger partial charge in [-0.2, -0.15) is 0 Å². The molecule has 0 unspecified atom stereocenters. The van der Waals surface area contributed by atoms with E-state index in [1.165, 1.54) is 12.4 Å². The first-order valence-electron chi connectivity index (χ1n) is 10.0. The van der Waals surface area contributed by atoms with E-state index in [-0.39, 0.29) is 24.0 Å². The van der Waals surface area contributed by atoms with Gasteiger partial charge in [-0.05, 0) is 42.8 Å². The van der Waals surface area contributed by atoms with Crippen LogP contribution in [0.5, 0.6) is 0 Å². The number of aryl methyl sites for hydroxylation is 1. The number of pyridine rings is 1. The Labute approximate surface area is 180 Å². The van der Waals surface area contributed by atoms with E-state index in [4.69, 9.17) is 10.7 Å². The molecule has 0 aliphatic rings. The number of nitrogen functional groups attached to an aromatic ring is 1. The summed E-state index contributed by atoms with van der Waals surface area (Å²) >= 11 is 0. The maximum Gasteiger partial charge on any atom is 0.274 e. The Hall–Kier alpha value is -3.84. The maximum absolute atomic E-state index is 12.6. The minimum Gasteiger partial charge on any atom is -0.382 e. The second-order valence-electron chi connectivity index (χ2n) is 7.28. The van der Waals surface area contributed by atoms with Gasteiger partial charge in [-0.1, -0.05) is 36.4 Å². The molecule has 1 amide bonds. The Morgan fingerprint density at radius 2 is 1.81 bits per heavy atom. The number of hydrogen-bond donors (Lipinski definition) is 3. The fourth-order valence-electron chi connectivity index (χ4n) is 3.65. The number of aromatic nitrogens is 3. The predicted octanol–water partition coefficient (Wildman–Crippen LogP) is 3.23. The first-order chi connectivity index (χ1) is 15.1. The number of nitrogens with two attached hydrogens (primary N) is 1. The van der Waals surface area contributed by atoms with Gasteiger partial charge in [-0.15, -0.1) is 0 Å². The van der Waals surface area contributed by atoms with E-state index < -0.39 is 0 Å². The van der Waals surface area contributed by atoms with Crippen LogP contribution in [0.2, 0.25) is 0 Å². The number of carbonyl (C=O) groups is 1. The molecule has 0 aliphatic heterocycles. The van der Waals surface area contributed by atoms with E-state index in [1.54, 1.807) is 0 Å². The smallest absolute Gasteiger partial charge is 0.274 e. The summed E-state index contributed by atoms with van der Waals surface area (Å²) in [6.07, 6.45) is 2.90. The van der Waals surface area contributed by atoms with Gasteiger partial charge in [0.15, 0.2) is 11.5 Å². The van der Waals surface area contributed by atoms with Gasteiger partial charge < -0.3 is 16.4 Å². The molecule has 2 heterocycles. The van der Waals surface area contributed by atoms with Crippen molar-refractivity contribution in [2.24, 2.45) is 0 Å². The quantitative estimate of drug-likeness (QED) is 0.449. The van der Waals surface area contributed by atoms with Crippen LogP contribution in [0.1, 0.15) is 27.3 Å². The third-order valence-corrected chi connectivity index (χ3v) is 5.19. The molecule has 7 heteroatoms. The normalized spacial score (nSPS) is 10.9. The van der Waals surface area contributed by atoms with E-state index in [2.05, 4.69) is 51.8 Å². The molecule has 0 bridgehead atoms. The predicted molar refractivity (Wildman–Crippen MR) is 122 cm³/mol. The highest BCUT2D eigenvalue weighted by atomic mass is 16.1. The Morgan fingerprint density at radius 1 is 1.00 bits per heavy atom. The van der Waals surface area contributed by atoms with Crippen molar-refractivity contribution in [3.8, 4) is 11.1 Å². The third-order valence-electron chi connectivity index (χ3n) is 5.19. The average molecular weight is 412 g/mol. The molecule has 0 saturated heterocycles. The number of nitrogens with zero attached hydrogens (tertiary/aromatic N) is 3. The largest absolute Gasteiger partial charge is 0.382 e. The van der Waals surface area contributed by atoms with Gasteiger partial charge in [0, 0.05) is 29.9 Å². The van der Waals surface area contributed by atoms with Gasteiger partial charge in [-0.25, -0.2) is 9.97 Å². The van der Waals surface area contributed by atoms with Crippen LogP contribution in [0.15, 0.2) is 60.9 Å². The summed E-state index contributed by atoms with van der Waals surface area (Å²) in [6.45, 7) is 3.04. The van der Waals surface area contributed by atoms with Crippen LogP contribution in [0.25, 0.3) is 22.0 Å². The van der Waals surface area contributed by atoms with Gasteiger partial charge >= 0.3 is 0 Å². The lowest BCUT2D eigenvalue weighted by atomic mass is 9.95. The minimum atomic E-state index is -0.383. The molecule has 2 aromatic carbocycles. The van der Waals surface area contributed by atoms with E-state index in [0.717, 1.165) is 45.4 Å². The maximum atomic E-state index is 12.6. The van der Waals surface area contributed by atoms with Crippen LogP contribution in [-0.4, -0.2) is 27.9 Å². The van der Waals surface area contributed by atoms with E-state index in [1.807, 2.05) is 31.3 Å². The fraction of sp³-hybridized carbons (Fsp3) is 0.167. The summed E-state index contributed by atoms with van der Waals surface area (Å²) in [7, 11) is 1.92. The third kappa shape index (κ3) is 4.22. The average Bonchev–Trinajstić information content (AvgIpc) is 2.78. The SMILES string of the molecule is CNCc1ccccc1-c1cc2c(C)cccc2nc1CNC(=O)c1nccnc1N. The van der Waals surface area contributed by atoms with Crippen molar-refractivity contribution < 1.29 is 4.79 Å². The van der Waals surface area contributed by atoms with Crippen LogP contribution < -0.4 is 16.4 Å². The van der Waals surface area contributed by atoms with Gasteiger partial charge in [-0.3, -0.25) is 9.78 Å². The molecule has 0 aliphatic carbocycles. The zero-order valence-corrected chi connectivity index (χ0v) is 17.5. The van der Waals surface area contributed by atoms with E-state index in [9.17, 15) is 4.79 Å². The van der Waals surface area contributed by atoms with Crippen molar-refractivity contribution in [2.45, 2.75) is 20.0 Å². The van der Waals surface area contributed by atoms with Gasteiger partial charge in [0.2, 0.25) is 0 Å². The van der Waals surface area contributed by atoms with Crippen molar-refractivity contribution in [2.75, 3.05) is 12.8 Å². The van der Waals surface area contributed by atoms with Crippen LogP contribution >= 0.6 is 0 Å². The van der Waals surface area contributed by atoms with E-state index >= 15 is 0 Å². The highest BCUT2D eigenvalue weighted by molar-refractivity contribution is 5.96. The van der Waals surface area contributed by atoms with Crippen LogP contribution in [-0.2, 0) is 13.1 Å². The molecular weight excluding hydrogens is 388 g/mol. The van der Waals surface area contributed by atoms with Crippen molar-refractivity contribution in [1.82, 2.24) is 25.6 Å². The molecule has 2 aromatic heterocycles. The molecule has 4 aromatic rings. The Morgan fingerprint density at radius 3 is 2.61 bits per heavy atom. The summed E-state index contributed by atoms with van der Waals surface area (Å²) in [5.41, 5.74) is 11.9. The number of fused-ring (bicyclic) bond motifs is 1. The lowest BCUT2D eigenvalue weighted by Crippen LogP contribution is -2.26. The Bertz CT molecular complexity index is 1250. The Kier molecular flexibility index (Phi) is 5.86. The number of anilines is 1. The molecule has 4 N–H and O–H groups in total. The summed E-state index contributed by atoms with van der Waals surface area (Å²) in [5.74, 6) is -0.284. The number of benzene rings is 2. The number of hydrogen-bond acceptors (Lipinski definition) is 6. The molecule has 7 nitrogen and oxygen atoms in total. The topological polar surface area (TPSA) is 106 Å². The first kappa shape index (κ1) is 20.4. The van der Waals surface area contributed by atoms with Crippen molar-refractivity contribution in [1.29, 1.82) is 0 Å². The van der Waals surface area contributed by atoms with Crippen molar-refractivity contribution in [3.63, 3.8) is 0 Å². The minimum absolute atomic E-state index is 0.0988. The van der Waals surface area contributed by atoms with Crippen LogP contribution in [0.4, 0.5) is 5.82 Å². The molecule has 31 heavy (non-hydrogen) atoms. The fourth-order valence-corrected chi connectivity index (χ4v) is 3.65. The molecule has 0 spiro atoms. The zero-order chi connectivity index (χ0) is 21.8. The van der Waals surface area contributed by atoms with Crippen LogP contribution in [0.3, 0.4) is 0 Å². The molecule has 0 radical (unpaired) electrons. The zero-order valence-electron chi connectivity index (χ0n) is 17.5. The number of amides is 1. The van der Waals surface area contributed by atoms with Gasteiger partial charge in [0.1, 0.15) is 0 Å².